The zero-order valence-corrected chi connectivity index (χ0v) is 11.8. The summed E-state index contributed by atoms with van der Waals surface area (Å²) < 4.78 is 2.39. The van der Waals surface area contributed by atoms with Crippen molar-refractivity contribution >= 4 is 28.8 Å². The van der Waals surface area contributed by atoms with Gasteiger partial charge in [-0.05, 0) is 25.1 Å². The van der Waals surface area contributed by atoms with Gasteiger partial charge in [0.2, 0.25) is 5.91 Å². The van der Waals surface area contributed by atoms with Crippen molar-refractivity contribution in [2.75, 3.05) is 7.05 Å². The third-order valence-electron chi connectivity index (χ3n) is 2.68. The van der Waals surface area contributed by atoms with Gasteiger partial charge in [0.15, 0.2) is 0 Å². The largest absolute Gasteiger partial charge is 0.339 e. The zero-order chi connectivity index (χ0) is 13.1. The van der Waals surface area contributed by atoms with E-state index in [9.17, 15) is 4.79 Å². The number of carbonyl (C=O) groups is 1. The second kappa shape index (κ2) is 5.54. The number of amides is 1. The Balaban J connectivity index is 2.00. The summed E-state index contributed by atoms with van der Waals surface area (Å²) in [6, 6.07) is 5.30. The van der Waals surface area contributed by atoms with E-state index in [4.69, 9.17) is 11.6 Å². The Labute approximate surface area is 115 Å². The fourth-order valence-electron chi connectivity index (χ4n) is 1.69. The molecule has 0 bridgehead atoms. The highest BCUT2D eigenvalue weighted by molar-refractivity contribution is 7.16. The van der Waals surface area contributed by atoms with Crippen molar-refractivity contribution in [3.8, 4) is 0 Å². The summed E-state index contributed by atoms with van der Waals surface area (Å²) in [6.07, 6.45) is 3.46. The van der Waals surface area contributed by atoms with Crippen LogP contribution in [-0.2, 0) is 11.3 Å². The first-order chi connectivity index (χ1) is 8.58. The summed E-state index contributed by atoms with van der Waals surface area (Å²) in [6.45, 7) is 2.41. The van der Waals surface area contributed by atoms with Gasteiger partial charge in [0, 0.05) is 24.3 Å². The number of nitrogens with zero attached hydrogens (tertiary/aromatic N) is 3. The number of rotatable bonds is 4. The van der Waals surface area contributed by atoms with Gasteiger partial charge in [-0.2, -0.15) is 5.10 Å². The second-order valence-electron chi connectivity index (χ2n) is 4.06. The number of thiophene rings is 1. The standard InChI is InChI=1S/C12H14ClN3OS/c1-9(16-7-3-6-14-16)12(17)15(2)8-10-4-5-11(13)18-10/h3-7,9H,8H2,1-2H3. The van der Waals surface area contributed by atoms with Crippen molar-refractivity contribution in [1.29, 1.82) is 0 Å². The van der Waals surface area contributed by atoms with Gasteiger partial charge in [-0.15, -0.1) is 11.3 Å². The zero-order valence-electron chi connectivity index (χ0n) is 10.2. The fraction of sp³-hybridized carbons (Fsp3) is 0.333. The lowest BCUT2D eigenvalue weighted by Crippen LogP contribution is -2.32. The van der Waals surface area contributed by atoms with Gasteiger partial charge < -0.3 is 4.90 Å². The molecule has 0 radical (unpaired) electrons. The molecule has 0 saturated carbocycles. The van der Waals surface area contributed by atoms with E-state index in [-0.39, 0.29) is 11.9 Å². The Kier molecular flexibility index (Phi) is 4.04. The Hall–Kier alpha value is -1.33. The summed E-state index contributed by atoms with van der Waals surface area (Å²) >= 11 is 7.36. The summed E-state index contributed by atoms with van der Waals surface area (Å²) in [7, 11) is 1.79. The average molecular weight is 284 g/mol. The topological polar surface area (TPSA) is 38.1 Å². The maximum atomic E-state index is 12.2. The lowest BCUT2D eigenvalue weighted by atomic mass is 10.3. The molecule has 1 atom stereocenters. The first kappa shape index (κ1) is 13.1. The molecule has 0 aliphatic heterocycles. The van der Waals surface area contributed by atoms with Gasteiger partial charge in [-0.25, -0.2) is 0 Å². The van der Waals surface area contributed by atoms with Gasteiger partial charge in [0.1, 0.15) is 6.04 Å². The lowest BCUT2D eigenvalue weighted by molar-refractivity contribution is -0.133. The highest BCUT2D eigenvalue weighted by atomic mass is 35.5. The quantitative estimate of drug-likeness (QED) is 0.865. The predicted molar refractivity (Wildman–Crippen MR) is 72.7 cm³/mol. The van der Waals surface area contributed by atoms with E-state index >= 15 is 0 Å². The normalized spacial score (nSPS) is 12.4. The minimum Gasteiger partial charge on any atom is -0.339 e. The molecule has 4 nitrogen and oxygen atoms in total. The molecule has 2 aromatic rings. The van der Waals surface area contributed by atoms with Crippen molar-refractivity contribution in [2.24, 2.45) is 0 Å². The first-order valence-electron chi connectivity index (χ1n) is 5.56. The van der Waals surface area contributed by atoms with Crippen LogP contribution in [0.4, 0.5) is 0 Å². The van der Waals surface area contributed by atoms with E-state index in [0.717, 1.165) is 9.21 Å². The molecule has 0 aromatic carbocycles. The Morgan fingerprint density at radius 1 is 1.61 bits per heavy atom. The van der Waals surface area contributed by atoms with Crippen molar-refractivity contribution in [1.82, 2.24) is 14.7 Å². The van der Waals surface area contributed by atoms with Gasteiger partial charge in [-0.1, -0.05) is 11.6 Å². The molecular weight excluding hydrogens is 270 g/mol. The molecule has 18 heavy (non-hydrogen) atoms. The molecule has 1 amide bonds. The maximum absolute atomic E-state index is 12.2. The third-order valence-corrected chi connectivity index (χ3v) is 3.89. The minimum absolute atomic E-state index is 0.0308. The van der Waals surface area contributed by atoms with E-state index in [1.807, 2.05) is 25.1 Å². The van der Waals surface area contributed by atoms with Crippen LogP contribution in [0.15, 0.2) is 30.6 Å². The third kappa shape index (κ3) is 2.91. The monoisotopic (exact) mass is 283 g/mol. The minimum atomic E-state index is -0.291. The Morgan fingerprint density at radius 2 is 2.39 bits per heavy atom. The van der Waals surface area contributed by atoms with Crippen LogP contribution >= 0.6 is 22.9 Å². The van der Waals surface area contributed by atoms with Crippen LogP contribution in [0.5, 0.6) is 0 Å². The van der Waals surface area contributed by atoms with Gasteiger partial charge in [0.25, 0.3) is 0 Å². The van der Waals surface area contributed by atoms with Crippen LogP contribution in [0.25, 0.3) is 0 Å². The van der Waals surface area contributed by atoms with E-state index in [1.165, 1.54) is 11.3 Å². The summed E-state index contributed by atoms with van der Waals surface area (Å²) in [5.41, 5.74) is 0. The van der Waals surface area contributed by atoms with Crippen LogP contribution in [0.2, 0.25) is 4.34 Å². The number of halogens is 1. The predicted octanol–water partition coefficient (Wildman–Crippen LogP) is 2.82. The van der Waals surface area contributed by atoms with E-state index in [1.54, 1.807) is 29.0 Å². The molecule has 0 saturated heterocycles. The van der Waals surface area contributed by atoms with E-state index in [0.29, 0.717) is 6.54 Å². The molecule has 0 N–H and O–H groups in total. The summed E-state index contributed by atoms with van der Waals surface area (Å²) in [4.78, 5) is 15.0. The van der Waals surface area contributed by atoms with Gasteiger partial charge in [-0.3, -0.25) is 9.48 Å². The molecule has 0 fully saturated rings. The van der Waals surface area contributed by atoms with Crippen LogP contribution in [-0.4, -0.2) is 27.6 Å². The molecule has 1 unspecified atom stereocenters. The summed E-state index contributed by atoms with van der Waals surface area (Å²) in [5.74, 6) is 0.0308. The van der Waals surface area contributed by atoms with Crippen molar-refractivity contribution in [3.63, 3.8) is 0 Å². The molecule has 2 aromatic heterocycles. The Bertz CT molecular complexity index is 523. The number of likely N-dealkylation sites (N-methyl/N-ethyl adjacent to an activating group) is 1. The smallest absolute Gasteiger partial charge is 0.247 e. The number of hydrogen-bond acceptors (Lipinski definition) is 3. The van der Waals surface area contributed by atoms with Crippen molar-refractivity contribution in [3.05, 3.63) is 39.8 Å². The van der Waals surface area contributed by atoms with Crippen LogP contribution < -0.4 is 0 Å². The lowest BCUT2D eigenvalue weighted by Gasteiger charge is -2.21. The molecule has 2 heterocycles. The second-order valence-corrected chi connectivity index (χ2v) is 5.86. The number of hydrogen-bond donors (Lipinski definition) is 0. The molecule has 6 heteroatoms. The van der Waals surface area contributed by atoms with Crippen molar-refractivity contribution in [2.45, 2.75) is 19.5 Å². The molecular formula is C12H14ClN3OS. The number of carbonyl (C=O) groups excluding carboxylic acids is 1. The highest BCUT2D eigenvalue weighted by Gasteiger charge is 2.19. The average Bonchev–Trinajstić information content (AvgIpc) is 2.98. The molecule has 2 rings (SSSR count). The van der Waals surface area contributed by atoms with Crippen molar-refractivity contribution < 1.29 is 4.79 Å². The first-order valence-corrected chi connectivity index (χ1v) is 6.75. The Morgan fingerprint density at radius 3 is 2.94 bits per heavy atom. The van der Waals surface area contributed by atoms with Gasteiger partial charge >= 0.3 is 0 Å². The van der Waals surface area contributed by atoms with Crippen LogP contribution in [0, 0.1) is 0 Å². The van der Waals surface area contributed by atoms with E-state index < -0.39 is 0 Å². The number of aromatic nitrogens is 2. The molecule has 96 valence electrons. The maximum Gasteiger partial charge on any atom is 0.247 e. The molecule has 0 aliphatic rings. The SMILES string of the molecule is CC(C(=O)N(C)Cc1ccc(Cl)s1)n1cccn1. The van der Waals surface area contributed by atoms with Crippen LogP contribution in [0.3, 0.4) is 0 Å². The fourth-order valence-corrected chi connectivity index (χ4v) is 2.83. The van der Waals surface area contributed by atoms with Crippen LogP contribution in [0.1, 0.15) is 17.8 Å². The van der Waals surface area contributed by atoms with E-state index in [2.05, 4.69) is 5.10 Å². The highest BCUT2D eigenvalue weighted by Crippen LogP contribution is 2.23. The van der Waals surface area contributed by atoms with Gasteiger partial charge in [0.05, 0.1) is 10.9 Å². The molecule has 0 spiro atoms. The molecule has 0 aliphatic carbocycles. The summed E-state index contributed by atoms with van der Waals surface area (Å²) in [5, 5.41) is 4.08.